The van der Waals surface area contributed by atoms with Crippen LogP contribution in [0, 0.1) is 52.8 Å². The quantitative estimate of drug-likeness (QED) is 0.119. The van der Waals surface area contributed by atoms with Crippen molar-refractivity contribution in [1.29, 1.82) is 0 Å². The first kappa shape index (κ1) is 27.9. The summed E-state index contributed by atoms with van der Waals surface area (Å²) in [5, 5.41) is 7.25. The first-order valence-electron chi connectivity index (χ1n) is 23.1. The SMILES string of the molecule is CCCCCCOC(=O)CCCC1(c2ccccc2)C23C4=C5C6=C7C8C9C%10=CC8C8CCC(C4C78)C2C12c1c5c4c6c9c5c6c4c4c1=C(CC=4C6CCC%105)C32. The van der Waals surface area contributed by atoms with Gasteiger partial charge in [0.1, 0.15) is 0 Å². The van der Waals surface area contributed by atoms with Crippen molar-refractivity contribution in [1.82, 2.24) is 0 Å². The minimum atomic E-state index is 0.0453. The molecule has 15 aliphatic rings. The molecular weight excluding hydrogens is 669 g/mol. The molecule has 3 aromatic rings. The Labute approximate surface area is 321 Å². The lowest BCUT2D eigenvalue weighted by Gasteiger charge is -2.91. The summed E-state index contributed by atoms with van der Waals surface area (Å²) in [4.78, 5) is 13.5. The number of esters is 1. The van der Waals surface area contributed by atoms with Crippen molar-refractivity contribution in [3.05, 3.63) is 103 Å². The second kappa shape index (κ2) is 7.93. The van der Waals surface area contributed by atoms with Crippen molar-refractivity contribution < 1.29 is 9.53 Å². The van der Waals surface area contributed by atoms with E-state index < -0.39 is 0 Å². The first-order valence-corrected chi connectivity index (χ1v) is 23.1. The number of ether oxygens (including phenoxy) is 1. The van der Waals surface area contributed by atoms with Gasteiger partial charge in [-0.2, -0.15) is 0 Å². The van der Waals surface area contributed by atoms with Gasteiger partial charge in [0.2, 0.25) is 0 Å². The van der Waals surface area contributed by atoms with Crippen LogP contribution in [0.1, 0.15) is 141 Å². The minimum Gasteiger partial charge on any atom is -0.466 e. The van der Waals surface area contributed by atoms with Gasteiger partial charge in [-0.15, -0.1) is 0 Å². The fourth-order valence-corrected chi connectivity index (χ4v) is 21.4. The maximum Gasteiger partial charge on any atom is 0.305 e. The average Bonchev–Trinajstić information content (AvgIpc) is 4.04. The molecule has 0 amide bonds. The van der Waals surface area contributed by atoms with Crippen LogP contribution < -0.4 is 10.4 Å². The van der Waals surface area contributed by atoms with Crippen LogP contribution in [0.3, 0.4) is 0 Å². The Kier molecular flexibility index (Phi) is 4.02. The number of unbranched alkanes of at least 4 members (excludes halogenated alkanes) is 3. The van der Waals surface area contributed by atoms with Crippen molar-refractivity contribution in [2.45, 2.75) is 113 Å². The number of benzene rings is 3. The summed E-state index contributed by atoms with van der Waals surface area (Å²) in [6.07, 6.45) is 17.2. The molecule has 0 aromatic heterocycles. The summed E-state index contributed by atoms with van der Waals surface area (Å²) in [5.74, 6) is 8.41. The largest absolute Gasteiger partial charge is 0.466 e. The molecule has 0 radical (unpaired) electrons. The Balaban J connectivity index is 0.954. The van der Waals surface area contributed by atoms with Crippen LogP contribution in [0.4, 0.5) is 0 Å². The third kappa shape index (κ3) is 2.11. The van der Waals surface area contributed by atoms with Crippen LogP contribution in [-0.2, 0) is 20.4 Å². The van der Waals surface area contributed by atoms with Crippen molar-refractivity contribution in [3.63, 3.8) is 0 Å². The maximum atomic E-state index is 13.5. The molecule has 2 heteroatoms. The average molecular weight is 715 g/mol. The number of fused-ring (bicyclic) bond motifs is 5. The Morgan fingerprint density at radius 2 is 1.69 bits per heavy atom. The molecule has 15 aliphatic carbocycles. The van der Waals surface area contributed by atoms with Gasteiger partial charge in [0.05, 0.1) is 6.61 Å². The Bertz CT molecular complexity index is 2900. The van der Waals surface area contributed by atoms with E-state index in [1.807, 2.05) is 82.8 Å². The zero-order chi connectivity index (χ0) is 35.0. The summed E-state index contributed by atoms with van der Waals surface area (Å²) < 4.78 is 5.93. The second-order valence-electron chi connectivity index (χ2n) is 21.7. The molecule has 14 atom stereocenters. The molecule has 3 aromatic carbocycles. The summed E-state index contributed by atoms with van der Waals surface area (Å²) in [6, 6.07) is 12.1. The topological polar surface area (TPSA) is 26.3 Å². The second-order valence-corrected chi connectivity index (χ2v) is 21.7. The van der Waals surface area contributed by atoms with Crippen LogP contribution in [-0.4, -0.2) is 12.6 Å². The molecule has 2 nitrogen and oxygen atoms in total. The molecular formula is C53H46O2. The lowest BCUT2D eigenvalue weighted by molar-refractivity contribution is -0.326. The number of rotatable bonds is 10. The third-order valence-electron chi connectivity index (χ3n) is 21.4. The van der Waals surface area contributed by atoms with E-state index in [1.54, 1.807) is 16.3 Å². The first-order chi connectivity index (χ1) is 27.2. The number of carbonyl (C=O) groups is 1. The van der Waals surface area contributed by atoms with E-state index in [9.17, 15) is 4.79 Å². The van der Waals surface area contributed by atoms with E-state index in [4.69, 9.17) is 4.74 Å². The Hall–Kier alpha value is -3.65. The molecule has 270 valence electrons. The maximum absolute atomic E-state index is 13.5. The highest BCUT2D eigenvalue weighted by molar-refractivity contribution is 6.30. The molecule has 18 rings (SSSR count). The van der Waals surface area contributed by atoms with E-state index in [1.165, 1.54) is 44.9 Å². The van der Waals surface area contributed by atoms with Crippen LogP contribution in [0.25, 0.3) is 33.1 Å². The van der Waals surface area contributed by atoms with Gasteiger partial charge < -0.3 is 4.74 Å². The fraction of sp³-hybridized carbons (Fsp3) is 0.528. The van der Waals surface area contributed by atoms with Gasteiger partial charge in [-0.25, -0.2) is 0 Å². The molecule has 2 bridgehead atoms. The van der Waals surface area contributed by atoms with Crippen molar-refractivity contribution in [2.75, 3.05) is 6.61 Å². The highest BCUT2D eigenvalue weighted by Gasteiger charge is 3.02. The number of hydrogen-bond acceptors (Lipinski definition) is 2. The third-order valence-corrected chi connectivity index (χ3v) is 21.4. The molecule has 6 saturated carbocycles. The Morgan fingerprint density at radius 1 is 0.800 bits per heavy atom. The molecule has 2 spiro atoms. The van der Waals surface area contributed by atoms with E-state index in [2.05, 4.69) is 43.3 Å². The normalized spacial score (nSPS) is 45.8. The van der Waals surface area contributed by atoms with Crippen LogP contribution in [0.2, 0.25) is 0 Å². The number of carbonyl (C=O) groups excluding carboxylic acids is 1. The van der Waals surface area contributed by atoms with Crippen molar-refractivity contribution in [3.8, 4) is 0 Å². The molecule has 6 fully saturated rings. The smallest absolute Gasteiger partial charge is 0.305 e. The van der Waals surface area contributed by atoms with Crippen molar-refractivity contribution in [2.24, 2.45) is 52.8 Å². The molecule has 0 aliphatic heterocycles. The summed E-state index contributed by atoms with van der Waals surface area (Å²) >= 11 is 0. The standard InChI is InChI=1S/C53H46O2/c1-2-3-4-8-18-55-30(54)12-9-17-51(21-10-6-5-7-11-21)52-47-37-25-16-15-24-27-19-26-22-13-14-23-28-20-29-38-36(28)40-32(23)31(22)39-34(26)35(27)41(33(24)37)44-42(39)43(40)46(45(44)47)48(38)53(51,49(25)52)50(29)52/h5-7,10-11,19,22-25,27,33-35,37,49-50H,2-4,8-9,12-18,20H2,1H3. The highest BCUT2D eigenvalue weighted by Crippen LogP contribution is 3.03. The fourth-order valence-electron chi connectivity index (χ4n) is 21.4. The van der Waals surface area contributed by atoms with Gasteiger partial charge in [-0.1, -0.05) is 84.9 Å². The Morgan fingerprint density at radius 3 is 2.60 bits per heavy atom. The van der Waals surface area contributed by atoms with Crippen LogP contribution >= 0.6 is 0 Å². The molecule has 0 N–H and O–H groups in total. The number of hydrogen-bond donors (Lipinski definition) is 0. The molecule has 0 saturated heterocycles. The zero-order valence-corrected chi connectivity index (χ0v) is 31.8. The van der Waals surface area contributed by atoms with Crippen LogP contribution in [0.5, 0.6) is 0 Å². The lowest BCUT2D eigenvalue weighted by Crippen LogP contribution is -2.93. The van der Waals surface area contributed by atoms with E-state index in [0.29, 0.717) is 36.7 Å². The van der Waals surface area contributed by atoms with Gasteiger partial charge >= 0.3 is 5.97 Å². The highest BCUT2D eigenvalue weighted by atomic mass is 16.5. The molecule has 14 unspecified atom stereocenters. The summed E-state index contributed by atoms with van der Waals surface area (Å²) in [5.41, 5.74) is 26.8. The van der Waals surface area contributed by atoms with Gasteiger partial charge in [0, 0.05) is 46.3 Å². The van der Waals surface area contributed by atoms with Gasteiger partial charge in [0.15, 0.2) is 0 Å². The van der Waals surface area contributed by atoms with E-state index in [-0.39, 0.29) is 22.2 Å². The van der Waals surface area contributed by atoms with E-state index in [0.717, 1.165) is 67.1 Å². The van der Waals surface area contributed by atoms with Gasteiger partial charge in [-0.05, 0) is 170 Å². The van der Waals surface area contributed by atoms with Gasteiger partial charge in [0.25, 0.3) is 0 Å². The zero-order valence-electron chi connectivity index (χ0n) is 31.8. The molecule has 55 heavy (non-hydrogen) atoms. The monoisotopic (exact) mass is 714 g/mol. The van der Waals surface area contributed by atoms with Crippen molar-refractivity contribution >= 4 is 39.0 Å². The molecule has 0 heterocycles. The predicted octanol–water partition coefficient (Wildman–Crippen LogP) is 9.37. The summed E-state index contributed by atoms with van der Waals surface area (Å²) in [7, 11) is 0. The van der Waals surface area contributed by atoms with Gasteiger partial charge in [-0.3, -0.25) is 4.79 Å². The summed E-state index contributed by atoms with van der Waals surface area (Å²) in [6.45, 7) is 2.84. The minimum absolute atomic E-state index is 0.0453. The van der Waals surface area contributed by atoms with E-state index >= 15 is 0 Å². The lowest BCUT2D eigenvalue weighted by atomic mass is 9.10. The predicted molar refractivity (Wildman–Crippen MR) is 212 cm³/mol. The number of allylic oxidation sites excluding steroid dienone is 6. The van der Waals surface area contributed by atoms with Crippen LogP contribution in [0.15, 0.2) is 53.1 Å².